The zero-order chi connectivity index (χ0) is 36.7. The lowest BCUT2D eigenvalue weighted by atomic mass is 9.80. The van der Waals surface area contributed by atoms with Crippen LogP contribution in [0.3, 0.4) is 0 Å². The van der Waals surface area contributed by atoms with Gasteiger partial charge >= 0.3 is 5.97 Å². The van der Waals surface area contributed by atoms with Gasteiger partial charge < -0.3 is 25.9 Å². The van der Waals surface area contributed by atoms with Crippen LogP contribution in [0.15, 0.2) is 124 Å². The molecule has 2 saturated heterocycles. The maximum absolute atomic E-state index is 14.2. The highest BCUT2D eigenvalue weighted by atomic mass is 32.2. The molecular formula is C39H34N6O6S2. The van der Waals surface area contributed by atoms with E-state index in [2.05, 4.69) is 15.5 Å². The van der Waals surface area contributed by atoms with Gasteiger partial charge in [-0.15, -0.1) is 23.1 Å². The number of oxime groups is 1. The summed E-state index contributed by atoms with van der Waals surface area (Å²) >= 11 is 2.44. The predicted molar refractivity (Wildman–Crippen MR) is 200 cm³/mol. The highest BCUT2D eigenvalue weighted by molar-refractivity contribution is 8.00. The number of anilines is 1. The number of carboxylic acids is 1. The molecule has 0 radical (unpaired) electrons. The van der Waals surface area contributed by atoms with Gasteiger partial charge in [0.15, 0.2) is 10.8 Å². The Kier molecular flexibility index (Phi) is 9.08. The van der Waals surface area contributed by atoms with Gasteiger partial charge in [-0.25, -0.2) is 9.78 Å². The van der Waals surface area contributed by atoms with Crippen LogP contribution >= 0.6 is 23.1 Å². The van der Waals surface area contributed by atoms with E-state index in [1.54, 1.807) is 11.5 Å². The number of nitrogens with one attached hydrogen (secondary N) is 1. The smallest absolute Gasteiger partial charge is 0.352 e. The molecule has 0 bridgehead atoms. The molecule has 53 heavy (non-hydrogen) atoms. The van der Waals surface area contributed by atoms with Crippen molar-refractivity contribution in [1.29, 1.82) is 0 Å². The Bertz CT molecular complexity index is 2090. The summed E-state index contributed by atoms with van der Waals surface area (Å²) in [6.45, 7) is 0.610. The molecule has 3 fully saturated rings. The molecule has 268 valence electrons. The number of carboxylic acid groups (broad SMARTS) is 1. The molecule has 1 aliphatic carbocycles. The van der Waals surface area contributed by atoms with Crippen LogP contribution in [0.4, 0.5) is 5.13 Å². The standard InChI is InChI=1S/C39H34N6O6S2/c40-38-41-29(22-53-38)30(43-51-39(25-10-4-1-5-11-25,26-12-6-2-7-13-26)27-14-8-3-9-15-27)33(46)42-31-35(48)45-32(37(49)50)24(21-52-36(31)45)20-23-18-19-44(34(23)47)28-16-17-28/h1-15,20,22,28,31,36H,16-19,21H2,(H2,40,41)(H,42,46)(H,49,50). The van der Waals surface area contributed by atoms with E-state index in [9.17, 15) is 24.3 Å². The SMILES string of the molecule is Nc1nc(C(=NOC(c2ccccc2)(c2ccccc2)c2ccccc2)C(=O)NC2C(=O)N3C(C(=O)O)=C(C=C4CCN(C5CC5)C4=O)CSC23)cs1. The van der Waals surface area contributed by atoms with E-state index in [4.69, 9.17) is 10.6 Å². The number of amides is 3. The molecule has 4 aliphatic rings. The molecule has 3 aromatic carbocycles. The number of aliphatic carboxylic acids is 1. The quantitative estimate of drug-likeness (QED) is 0.0659. The lowest BCUT2D eigenvalue weighted by molar-refractivity contribution is -0.150. The van der Waals surface area contributed by atoms with Crippen LogP contribution < -0.4 is 11.1 Å². The number of aromatic nitrogens is 1. The van der Waals surface area contributed by atoms with Crippen LogP contribution in [0, 0.1) is 0 Å². The zero-order valence-electron chi connectivity index (χ0n) is 28.3. The third-order valence-electron chi connectivity index (χ3n) is 9.78. The second-order valence-corrected chi connectivity index (χ2v) is 15.1. The lowest BCUT2D eigenvalue weighted by Gasteiger charge is -2.49. The summed E-state index contributed by atoms with van der Waals surface area (Å²) in [5.74, 6) is -2.46. The number of carbonyl (C=O) groups is 4. The molecule has 3 amide bonds. The van der Waals surface area contributed by atoms with Crippen molar-refractivity contribution >= 4 is 57.6 Å². The van der Waals surface area contributed by atoms with E-state index >= 15 is 0 Å². The molecule has 2 atom stereocenters. The first-order valence-corrected chi connectivity index (χ1v) is 19.1. The average molecular weight is 747 g/mol. The molecule has 14 heteroatoms. The number of likely N-dealkylation sites (tertiary alicyclic amines) is 1. The number of thioether (sulfide) groups is 1. The number of rotatable bonds is 11. The number of thiazole rings is 1. The highest BCUT2D eigenvalue weighted by Crippen LogP contribution is 2.43. The van der Waals surface area contributed by atoms with Crippen molar-refractivity contribution in [2.24, 2.45) is 5.16 Å². The number of β-lactam (4-membered cyclic amide) rings is 1. The minimum absolute atomic E-state index is 0.0792. The maximum Gasteiger partial charge on any atom is 0.352 e. The van der Waals surface area contributed by atoms with Gasteiger partial charge in [-0.3, -0.25) is 19.3 Å². The van der Waals surface area contributed by atoms with Gasteiger partial charge in [0.2, 0.25) is 11.5 Å². The first-order valence-electron chi connectivity index (χ1n) is 17.1. The van der Waals surface area contributed by atoms with Gasteiger partial charge in [-0.2, -0.15) is 0 Å². The Morgan fingerprint density at radius 2 is 1.57 bits per heavy atom. The Labute approximate surface area is 313 Å². The monoisotopic (exact) mass is 746 g/mol. The summed E-state index contributed by atoms with van der Waals surface area (Å²) in [7, 11) is 0. The zero-order valence-corrected chi connectivity index (χ0v) is 29.9. The minimum atomic E-state index is -1.30. The van der Waals surface area contributed by atoms with Gasteiger partial charge in [0.25, 0.3) is 11.8 Å². The van der Waals surface area contributed by atoms with E-state index in [1.807, 2.05) is 95.9 Å². The lowest BCUT2D eigenvalue weighted by Crippen LogP contribution is -2.71. The van der Waals surface area contributed by atoms with Gasteiger partial charge in [0.1, 0.15) is 22.8 Å². The third-order valence-corrected chi connectivity index (χ3v) is 11.8. The molecule has 4 aromatic rings. The number of fused-ring (bicyclic) bond motifs is 1. The Morgan fingerprint density at radius 3 is 2.09 bits per heavy atom. The fourth-order valence-corrected chi connectivity index (χ4v) is 8.92. The minimum Gasteiger partial charge on any atom is -0.477 e. The van der Waals surface area contributed by atoms with Crippen molar-refractivity contribution in [1.82, 2.24) is 20.1 Å². The van der Waals surface area contributed by atoms with E-state index < -0.39 is 34.8 Å². The number of hydrogen-bond acceptors (Lipinski definition) is 10. The molecule has 12 nitrogen and oxygen atoms in total. The molecular weight excluding hydrogens is 713 g/mol. The van der Waals surface area contributed by atoms with Gasteiger partial charge in [-0.1, -0.05) is 96.2 Å². The Hall–Kier alpha value is -5.73. The van der Waals surface area contributed by atoms with Crippen LogP contribution in [-0.4, -0.2) is 79.0 Å². The first-order chi connectivity index (χ1) is 25.8. The Morgan fingerprint density at radius 1 is 0.962 bits per heavy atom. The summed E-state index contributed by atoms with van der Waals surface area (Å²) in [6.07, 6.45) is 4.12. The summed E-state index contributed by atoms with van der Waals surface area (Å²) in [5.41, 5.74) is 7.63. The van der Waals surface area contributed by atoms with Crippen LogP contribution in [0.25, 0.3) is 0 Å². The molecule has 4 heterocycles. The second-order valence-electron chi connectivity index (χ2n) is 13.1. The van der Waals surface area contributed by atoms with E-state index in [0.29, 0.717) is 24.1 Å². The van der Waals surface area contributed by atoms with Crippen molar-refractivity contribution in [3.63, 3.8) is 0 Å². The predicted octanol–water partition coefficient (Wildman–Crippen LogP) is 4.50. The van der Waals surface area contributed by atoms with E-state index in [1.165, 1.54) is 16.7 Å². The number of nitrogens with zero attached hydrogens (tertiary/aromatic N) is 4. The normalized spacial score (nSPS) is 21.1. The van der Waals surface area contributed by atoms with Crippen LogP contribution in [0.1, 0.15) is 41.6 Å². The molecule has 1 aromatic heterocycles. The van der Waals surface area contributed by atoms with Crippen molar-refractivity contribution in [2.45, 2.75) is 42.3 Å². The van der Waals surface area contributed by atoms with Gasteiger partial charge in [-0.05, 0) is 30.9 Å². The highest BCUT2D eigenvalue weighted by Gasteiger charge is 2.54. The third kappa shape index (κ3) is 6.27. The molecule has 8 rings (SSSR count). The molecule has 1 saturated carbocycles. The number of hydrogen-bond donors (Lipinski definition) is 3. The topological polar surface area (TPSA) is 168 Å². The van der Waals surface area contributed by atoms with Crippen molar-refractivity contribution in [3.05, 3.63) is 142 Å². The molecule has 3 aliphatic heterocycles. The van der Waals surface area contributed by atoms with Crippen molar-refractivity contribution in [3.8, 4) is 0 Å². The van der Waals surface area contributed by atoms with E-state index in [-0.39, 0.29) is 39.9 Å². The summed E-state index contributed by atoms with van der Waals surface area (Å²) in [5, 5.41) is 18.6. The second kappa shape index (κ2) is 14.0. The number of benzene rings is 3. The Balaban J connectivity index is 1.11. The summed E-state index contributed by atoms with van der Waals surface area (Å²) in [4.78, 5) is 67.4. The van der Waals surface area contributed by atoms with Crippen LogP contribution in [-0.2, 0) is 29.6 Å². The molecule has 2 unspecified atom stereocenters. The van der Waals surface area contributed by atoms with Crippen LogP contribution in [0.2, 0.25) is 0 Å². The number of nitrogens with two attached hydrogens (primary N) is 1. The summed E-state index contributed by atoms with van der Waals surface area (Å²) < 4.78 is 0. The van der Waals surface area contributed by atoms with Crippen molar-refractivity contribution in [2.75, 3.05) is 18.0 Å². The van der Waals surface area contributed by atoms with Crippen LogP contribution in [0.5, 0.6) is 0 Å². The number of nitrogen functional groups attached to an aromatic ring is 1. The molecule has 4 N–H and O–H groups in total. The molecule has 0 spiro atoms. The fourth-order valence-electron chi connectivity index (χ4n) is 7.07. The average Bonchev–Trinajstić information content (AvgIpc) is 3.84. The van der Waals surface area contributed by atoms with Gasteiger partial charge in [0.05, 0.1) is 0 Å². The fraction of sp³-hybridized carbons (Fsp3) is 0.231. The first kappa shape index (κ1) is 34.4. The van der Waals surface area contributed by atoms with Gasteiger partial charge in [0, 0.05) is 46.0 Å². The number of carbonyl (C=O) groups excluding carboxylic acids is 3. The largest absolute Gasteiger partial charge is 0.477 e. The maximum atomic E-state index is 14.2. The summed E-state index contributed by atoms with van der Waals surface area (Å²) in [6, 6.07) is 27.8. The van der Waals surface area contributed by atoms with E-state index in [0.717, 1.165) is 40.9 Å². The number of allylic oxidation sites excluding steroid dienone is 1. The van der Waals surface area contributed by atoms with Crippen molar-refractivity contribution < 1.29 is 29.1 Å².